The fourth-order valence-electron chi connectivity index (χ4n) is 8.96. The average Bonchev–Trinajstić information content (AvgIpc) is 4.00. The molecule has 11 rings (SSSR count). The summed E-state index contributed by atoms with van der Waals surface area (Å²) >= 11 is 0. The zero-order chi connectivity index (χ0) is 41.6. The Morgan fingerprint density at radius 2 is 1.27 bits per heavy atom. The fraction of sp³-hybridized carbons (Fsp3) is 0.0345. The molecule has 0 spiro atoms. The maximum Gasteiger partial charge on any atom is 0.136 e. The van der Waals surface area contributed by atoms with E-state index >= 15 is 0 Å². The summed E-state index contributed by atoms with van der Waals surface area (Å²) in [6.45, 7) is 8.25. The molecule has 62 heavy (non-hydrogen) atoms. The third kappa shape index (κ3) is 6.59. The summed E-state index contributed by atoms with van der Waals surface area (Å²) in [5.41, 5.74) is 11.8. The van der Waals surface area contributed by atoms with Gasteiger partial charge in [0.15, 0.2) is 0 Å². The molecule has 3 heterocycles. The van der Waals surface area contributed by atoms with Crippen LogP contribution in [0.1, 0.15) is 23.1 Å². The van der Waals surface area contributed by atoms with E-state index in [0.717, 1.165) is 100 Å². The third-order valence-corrected chi connectivity index (χ3v) is 12.0. The fourth-order valence-corrected chi connectivity index (χ4v) is 8.96. The van der Waals surface area contributed by atoms with E-state index in [2.05, 4.69) is 170 Å². The predicted octanol–water partition coefficient (Wildman–Crippen LogP) is 16.1. The molecule has 4 heteroatoms. The predicted molar refractivity (Wildman–Crippen MR) is 261 cm³/mol. The molecular weight excluding hydrogens is 759 g/mol. The molecule has 1 unspecified atom stereocenters. The summed E-state index contributed by atoms with van der Waals surface area (Å²) in [7, 11) is 0. The Balaban J connectivity index is 0.997. The zero-order valence-corrected chi connectivity index (χ0v) is 34.0. The number of furan rings is 3. The lowest BCUT2D eigenvalue weighted by Crippen LogP contribution is -2.28. The molecule has 7 aromatic carbocycles. The number of benzene rings is 7. The van der Waals surface area contributed by atoms with Crippen LogP contribution in [0.3, 0.4) is 0 Å². The normalized spacial score (nSPS) is 15.1. The Morgan fingerprint density at radius 1 is 0.597 bits per heavy atom. The van der Waals surface area contributed by atoms with Gasteiger partial charge in [-0.15, -0.1) is 0 Å². The van der Waals surface area contributed by atoms with Gasteiger partial charge in [0.1, 0.15) is 33.5 Å². The summed E-state index contributed by atoms with van der Waals surface area (Å²) in [4.78, 5) is 2.34. The molecule has 1 aliphatic carbocycles. The second kappa shape index (κ2) is 15.5. The maximum atomic E-state index is 6.37. The highest BCUT2D eigenvalue weighted by atomic mass is 16.3. The zero-order valence-electron chi connectivity index (χ0n) is 34.0. The standard InChI is InChI=1S/C58H41NO3/c1-3-5-17-45(33-38-24-30-54-49(34-38)51-35-41-14-6-7-15-42(41)37-57(51)62-54)59(32-13-16-39(4-2)43-27-31-55-50(36-43)47-18-8-10-21-52(47)60-55)44-28-25-40(26-29-44)46-20-12-23-56-58(46)48-19-9-11-22-53(48)61-56/h3-28,30-37,44H,1-2,29H2/b17-5-,32-13+,39-16+,45-33-. The Kier molecular flexibility index (Phi) is 9.24. The molecule has 0 N–H and O–H groups in total. The smallest absolute Gasteiger partial charge is 0.136 e. The van der Waals surface area contributed by atoms with Crippen molar-refractivity contribution in [3.05, 3.63) is 236 Å². The summed E-state index contributed by atoms with van der Waals surface area (Å²) in [5.74, 6) is 0. The number of hydrogen-bond acceptors (Lipinski definition) is 4. The summed E-state index contributed by atoms with van der Waals surface area (Å²) in [5, 5.41) is 8.99. The lowest BCUT2D eigenvalue weighted by Gasteiger charge is -2.31. The Bertz CT molecular complexity index is 3610. The van der Waals surface area contributed by atoms with E-state index in [9.17, 15) is 0 Å². The number of fused-ring (bicyclic) bond motifs is 10. The first-order valence-corrected chi connectivity index (χ1v) is 21.0. The minimum absolute atomic E-state index is 0.00934. The van der Waals surface area contributed by atoms with Crippen LogP contribution in [0.25, 0.3) is 93.8 Å². The SMILES string of the molecule is C=C/C=C\C(=C\c1ccc2oc3cc4ccccc4cc3c2c1)N(/C=C/C=C(\C=C)c1ccc2oc3ccccc3c2c1)C1C=CC(c2cccc3oc4ccccc4c23)=CC1. The van der Waals surface area contributed by atoms with E-state index in [1.807, 2.05) is 54.6 Å². The highest BCUT2D eigenvalue weighted by molar-refractivity contribution is 6.12. The first kappa shape index (κ1) is 37.0. The van der Waals surface area contributed by atoms with Gasteiger partial charge in [-0.1, -0.05) is 141 Å². The molecule has 0 saturated heterocycles. The molecule has 3 aromatic heterocycles. The molecule has 0 fully saturated rings. The van der Waals surface area contributed by atoms with Crippen LogP contribution < -0.4 is 0 Å². The number of nitrogens with zero attached hydrogens (tertiary/aromatic N) is 1. The van der Waals surface area contributed by atoms with Gasteiger partial charge in [0.2, 0.25) is 0 Å². The quantitative estimate of drug-likeness (QED) is 0.129. The molecule has 1 atom stereocenters. The number of allylic oxidation sites excluding steroid dienone is 9. The lowest BCUT2D eigenvalue weighted by molar-refractivity contribution is 0.407. The van der Waals surface area contributed by atoms with Crippen molar-refractivity contribution in [1.29, 1.82) is 0 Å². The van der Waals surface area contributed by atoms with Crippen LogP contribution in [0.5, 0.6) is 0 Å². The lowest BCUT2D eigenvalue weighted by atomic mass is 9.93. The van der Waals surface area contributed by atoms with Crippen molar-refractivity contribution < 1.29 is 13.3 Å². The highest BCUT2D eigenvalue weighted by Gasteiger charge is 2.21. The summed E-state index contributed by atoms with van der Waals surface area (Å²) in [6.07, 6.45) is 24.2. The van der Waals surface area contributed by atoms with Crippen LogP contribution >= 0.6 is 0 Å². The van der Waals surface area contributed by atoms with Crippen LogP contribution in [-0.2, 0) is 0 Å². The molecule has 0 amide bonds. The van der Waals surface area contributed by atoms with Crippen molar-refractivity contribution in [3.63, 3.8) is 0 Å². The van der Waals surface area contributed by atoms with E-state index in [1.54, 1.807) is 0 Å². The van der Waals surface area contributed by atoms with Crippen molar-refractivity contribution in [3.8, 4) is 0 Å². The van der Waals surface area contributed by atoms with E-state index in [4.69, 9.17) is 13.3 Å². The molecule has 296 valence electrons. The van der Waals surface area contributed by atoms with Gasteiger partial charge in [-0.25, -0.2) is 0 Å². The number of rotatable bonds is 10. The Labute approximate surface area is 359 Å². The van der Waals surface area contributed by atoms with Crippen molar-refractivity contribution in [2.45, 2.75) is 12.5 Å². The minimum Gasteiger partial charge on any atom is -0.456 e. The Hall–Kier alpha value is -8.08. The maximum absolute atomic E-state index is 6.37. The second-order valence-electron chi connectivity index (χ2n) is 15.7. The van der Waals surface area contributed by atoms with Gasteiger partial charge in [0, 0.05) is 44.2 Å². The van der Waals surface area contributed by atoms with Crippen LogP contribution in [0.4, 0.5) is 0 Å². The molecule has 4 nitrogen and oxygen atoms in total. The van der Waals surface area contributed by atoms with Gasteiger partial charge >= 0.3 is 0 Å². The molecule has 1 aliphatic rings. The summed E-state index contributed by atoms with van der Waals surface area (Å²) < 4.78 is 18.8. The van der Waals surface area contributed by atoms with E-state index < -0.39 is 0 Å². The van der Waals surface area contributed by atoms with Crippen molar-refractivity contribution in [2.24, 2.45) is 0 Å². The van der Waals surface area contributed by atoms with Gasteiger partial charge in [-0.2, -0.15) is 0 Å². The van der Waals surface area contributed by atoms with Gasteiger partial charge in [0.05, 0.1) is 6.04 Å². The van der Waals surface area contributed by atoms with E-state index in [-0.39, 0.29) is 6.04 Å². The average molecular weight is 800 g/mol. The van der Waals surface area contributed by atoms with Crippen LogP contribution in [0.2, 0.25) is 0 Å². The van der Waals surface area contributed by atoms with Gasteiger partial charge in [-0.05, 0) is 118 Å². The van der Waals surface area contributed by atoms with Gasteiger partial charge in [-0.3, -0.25) is 0 Å². The van der Waals surface area contributed by atoms with Crippen molar-refractivity contribution in [2.75, 3.05) is 0 Å². The van der Waals surface area contributed by atoms with Crippen LogP contribution in [0, 0.1) is 0 Å². The monoisotopic (exact) mass is 799 g/mol. The van der Waals surface area contributed by atoms with Crippen molar-refractivity contribution in [1.82, 2.24) is 4.90 Å². The van der Waals surface area contributed by atoms with Gasteiger partial charge in [0.25, 0.3) is 0 Å². The molecule has 0 aliphatic heterocycles. The number of hydrogen-bond donors (Lipinski definition) is 0. The molecule has 10 aromatic rings. The van der Waals surface area contributed by atoms with Crippen molar-refractivity contribution >= 4 is 93.8 Å². The van der Waals surface area contributed by atoms with E-state index in [0.29, 0.717) is 0 Å². The molecule has 0 radical (unpaired) electrons. The molecule has 0 bridgehead atoms. The first-order chi connectivity index (χ1) is 30.6. The van der Waals surface area contributed by atoms with Gasteiger partial charge < -0.3 is 18.2 Å². The second-order valence-corrected chi connectivity index (χ2v) is 15.7. The van der Waals surface area contributed by atoms with Crippen LogP contribution in [0.15, 0.2) is 233 Å². The molecule has 0 saturated carbocycles. The topological polar surface area (TPSA) is 42.7 Å². The Morgan fingerprint density at radius 3 is 2.08 bits per heavy atom. The molecular formula is C58H41NO3. The van der Waals surface area contributed by atoms with E-state index in [1.165, 1.54) is 16.5 Å². The summed E-state index contributed by atoms with van der Waals surface area (Å²) in [6, 6.07) is 48.3. The largest absolute Gasteiger partial charge is 0.456 e. The number of para-hydroxylation sites is 2. The minimum atomic E-state index is 0.00934. The van der Waals surface area contributed by atoms with Crippen LogP contribution in [-0.4, -0.2) is 10.9 Å². The third-order valence-electron chi connectivity index (χ3n) is 12.0. The first-order valence-electron chi connectivity index (χ1n) is 21.0. The highest BCUT2D eigenvalue weighted by Crippen LogP contribution is 2.38.